The normalized spacial score (nSPS) is 10.6. The second-order valence-electron chi connectivity index (χ2n) is 6.77. The summed E-state index contributed by atoms with van der Waals surface area (Å²) in [6.07, 6.45) is 1.57. The van der Waals surface area contributed by atoms with Gasteiger partial charge >= 0.3 is 0 Å². The lowest BCUT2D eigenvalue weighted by Gasteiger charge is -2.16. The van der Waals surface area contributed by atoms with Crippen LogP contribution in [0.5, 0.6) is 5.75 Å². The van der Waals surface area contributed by atoms with E-state index < -0.39 is 0 Å². The van der Waals surface area contributed by atoms with Crippen LogP contribution < -0.4 is 15.4 Å². The zero-order valence-corrected chi connectivity index (χ0v) is 16.5. The van der Waals surface area contributed by atoms with Gasteiger partial charge in [0.25, 0.3) is 5.91 Å². The predicted octanol–water partition coefficient (Wildman–Crippen LogP) is 4.91. The lowest BCUT2D eigenvalue weighted by molar-refractivity contribution is 0.102. The maximum absolute atomic E-state index is 12.6. The summed E-state index contributed by atoms with van der Waals surface area (Å²) in [6, 6.07) is 14.9. The number of rotatable bonds is 6. The molecule has 6 heteroatoms. The van der Waals surface area contributed by atoms with Gasteiger partial charge in [-0.15, -0.1) is 0 Å². The molecular formula is C22H24N4O2. The van der Waals surface area contributed by atoms with Gasteiger partial charge in [0.2, 0.25) is 5.95 Å². The van der Waals surface area contributed by atoms with Gasteiger partial charge in [-0.25, -0.2) is 9.97 Å². The van der Waals surface area contributed by atoms with Crippen molar-refractivity contribution in [1.29, 1.82) is 0 Å². The minimum absolute atomic E-state index is 0.278. The molecule has 0 unspecified atom stereocenters. The average Bonchev–Trinajstić information content (AvgIpc) is 2.69. The number of nitrogens with one attached hydrogen (secondary N) is 2. The number of amides is 1. The van der Waals surface area contributed by atoms with E-state index in [1.807, 2.05) is 31.2 Å². The fourth-order valence-corrected chi connectivity index (χ4v) is 2.90. The number of methoxy groups -OCH3 is 1. The van der Waals surface area contributed by atoms with Crippen LogP contribution in [-0.4, -0.2) is 23.0 Å². The van der Waals surface area contributed by atoms with Crippen molar-refractivity contribution >= 4 is 23.2 Å². The molecule has 3 aromatic rings. The van der Waals surface area contributed by atoms with Crippen LogP contribution in [0.25, 0.3) is 0 Å². The van der Waals surface area contributed by atoms with Gasteiger partial charge < -0.3 is 15.4 Å². The molecule has 2 N–H and O–H groups in total. The van der Waals surface area contributed by atoms with Crippen LogP contribution >= 0.6 is 0 Å². The monoisotopic (exact) mass is 376 g/mol. The SMILES string of the molecule is COc1cccc(NC(=O)c2ccnc(Nc3c(C)cccc3C(C)C)n2)c1. The van der Waals surface area contributed by atoms with Crippen LogP contribution in [0, 0.1) is 6.92 Å². The first-order chi connectivity index (χ1) is 13.5. The lowest BCUT2D eigenvalue weighted by Crippen LogP contribution is -2.15. The van der Waals surface area contributed by atoms with E-state index >= 15 is 0 Å². The van der Waals surface area contributed by atoms with Gasteiger partial charge in [0.15, 0.2) is 0 Å². The Hall–Kier alpha value is -3.41. The number of para-hydroxylation sites is 1. The highest BCUT2D eigenvalue weighted by atomic mass is 16.5. The van der Waals surface area contributed by atoms with E-state index in [1.165, 1.54) is 5.56 Å². The van der Waals surface area contributed by atoms with Crippen LogP contribution in [0.4, 0.5) is 17.3 Å². The van der Waals surface area contributed by atoms with E-state index in [4.69, 9.17) is 4.74 Å². The molecule has 0 aliphatic heterocycles. The molecular weight excluding hydrogens is 352 g/mol. The van der Waals surface area contributed by atoms with E-state index in [0.717, 1.165) is 11.3 Å². The number of carbonyl (C=O) groups excluding carboxylic acids is 1. The van der Waals surface area contributed by atoms with Crippen molar-refractivity contribution in [3.63, 3.8) is 0 Å². The van der Waals surface area contributed by atoms with E-state index in [-0.39, 0.29) is 11.6 Å². The molecule has 3 rings (SSSR count). The molecule has 0 aliphatic carbocycles. The molecule has 28 heavy (non-hydrogen) atoms. The first-order valence-electron chi connectivity index (χ1n) is 9.13. The maximum atomic E-state index is 12.6. The molecule has 0 fully saturated rings. The van der Waals surface area contributed by atoms with E-state index in [2.05, 4.69) is 40.5 Å². The highest BCUT2D eigenvalue weighted by molar-refractivity contribution is 6.03. The van der Waals surface area contributed by atoms with Gasteiger partial charge in [0, 0.05) is 23.6 Å². The standard InChI is InChI=1S/C22H24N4O2/c1-14(2)18-10-5-7-15(3)20(18)26-22-23-12-11-19(25-22)21(27)24-16-8-6-9-17(13-16)28-4/h5-14H,1-4H3,(H,24,27)(H,23,25,26). The Kier molecular flexibility index (Phi) is 5.89. The Morgan fingerprint density at radius 3 is 2.64 bits per heavy atom. The number of benzene rings is 2. The highest BCUT2D eigenvalue weighted by Gasteiger charge is 2.13. The fraction of sp³-hybridized carbons (Fsp3) is 0.227. The van der Waals surface area contributed by atoms with Crippen LogP contribution in [0.15, 0.2) is 54.7 Å². The third-order valence-corrected chi connectivity index (χ3v) is 4.38. The first-order valence-corrected chi connectivity index (χ1v) is 9.13. The van der Waals surface area contributed by atoms with Gasteiger partial charge in [0.1, 0.15) is 11.4 Å². The summed E-state index contributed by atoms with van der Waals surface area (Å²) in [5, 5.41) is 6.11. The van der Waals surface area contributed by atoms with Crippen molar-refractivity contribution in [2.24, 2.45) is 0 Å². The van der Waals surface area contributed by atoms with Crippen molar-refractivity contribution in [3.05, 3.63) is 71.5 Å². The van der Waals surface area contributed by atoms with E-state index in [9.17, 15) is 4.79 Å². The number of carbonyl (C=O) groups is 1. The molecule has 0 spiro atoms. The zero-order valence-electron chi connectivity index (χ0n) is 16.5. The second kappa shape index (κ2) is 8.52. The van der Waals surface area contributed by atoms with Crippen LogP contribution in [-0.2, 0) is 0 Å². The zero-order chi connectivity index (χ0) is 20.1. The largest absolute Gasteiger partial charge is 0.497 e. The van der Waals surface area contributed by atoms with E-state index in [1.54, 1.807) is 31.5 Å². The van der Waals surface area contributed by atoms with Gasteiger partial charge in [0.05, 0.1) is 7.11 Å². The Bertz CT molecular complexity index is 986. The molecule has 0 bridgehead atoms. The van der Waals surface area contributed by atoms with Gasteiger partial charge in [-0.3, -0.25) is 4.79 Å². The van der Waals surface area contributed by atoms with Crippen LogP contribution in [0.1, 0.15) is 41.4 Å². The summed E-state index contributed by atoms with van der Waals surface area (Å²) in [7, 11) is 1.58. The Balaban J connectivity index is 1.82. The van der Waals surface area contributed by atoms with Crippen LogP contribution in [0.2, 0.25) is 0 Å². The topological polar surface area (TPSA) is 76.1 Å². The summed E-state index contributed by atoms with van der Waals surface area (Å²) in [5.74, 6) is 1.09. The molecule has 0 atom stereocenters. The van der Waals surface area contributed by atoms with Crippen molar-refractivity contribution in [3.8, 4) is 5.75 Å². The Labute approximate surface area is 165 Å². The number of aromatic nitrogens is 2. The first kappa shape index (κ1) is 19.4. The summed E-state index contributed by atoms with van der Waals surface area (Å²) in [6.45, 7) is 6.31. The molecule has 0 aliphatic rings. The summed E-state index contributed by atoms with van der Waals surface area (Å²) in [5.41, 5.74) is 4.16. The second-order valence-corrected chi connectivity index (χ2v) is 6.77. The molecule has 2 aromatic carbocycles. The van der Waals surface area contributed by atoms with Gasteiger partial charge in [-0.2, -0.15) is 0 Å². The van der Waals surface area contributed by atoms with Gasteiger partial charge in [-0.1, -0.05) is 38.1 Å². The van der Waals surface area contributed by atoms with Crippen LogP contribution in [0.3, 0.4) is 0 Å². The smallest absolute Gasteiger partial charge is 0.274 e. The lowest BCUT2D eigenvalue weighted by atomic mass is 9.98. The third kappa shape index (κ3) is 4.46. The highest BCUT2D eigenvalue weighted by Crippen LogP contribution is 2.29. The number of ether oxygens (including phenoxy) is 1. The molecule has 6 nitrogen and oxygen atoms in total. The van der Waals surface area contributed by atoms with Crippen molar-refractivity contribution < 1.29 is 9.53 Å². The van der Waals surface area contributed by atoms with Crippen molar-refractivity contribution in [2.45, 2.75) is 26.7 Å². The number of nitrogens with zero attached hydrogens (tertiary/aromatic N) is 2. The minimum Gasteiger partial charge on any atom is -0.497 e. The summed E-state index contributed by atoms with van der Waals surface area (Å²) >= 11 is 0. The Morgan fingerprint density at radius 1 is 1.11 bits per heavy atom. The maximum Gasteiger partial charge on any atom is 0.274 e. The predicted molar refractivity (Wildman–Crippen MR) is 112 cm³/mol. The molecule has 144 valence electrons. The molecule has 1 aromatic heterocycles. The number of anilines is 3. The summed E-state index contributed by atoms with van der Waals surface area (Å²) < 4.78 is 5.18. The Morgan fingerprint density at radius 2 is 1.89 bits per heavy atom. The minimum atomic E-state index is -0.312. The molecule has 0 radical (unpaired) electrons. The van der Waals surface area contributed by atoms with Crippen molar-refractivity contribution in [2.75, 3.05) is 17.7 Å². The molecule has 1 heterocycles. The third-order valence-electron chi connectivity index (χ3n) is 4.38. The number of hydrogen-bond donors (Lipinski definition) is 2. The number of hydrogen-bond acceptors (Lipinski definition) is 5. The fourth-order valence-electron chi connectivity index (χ4n) is 2.90. The average molecular weight is 376 g/mol. The quantitative estimate of drug-likeness (QED) is 0.639. The molecule has 0 saturated carbocycles. The number of aryl methyl sites for hydroxylation is 1. The van der Waals surface area contributed by atoms with Gasteiger partial charge in [-0.05, 0) is 42.2 Å². The molecule has 1 amide bonds. The van der Waals surface area contributed by atoms with Crippen molar-refractivity contribution in [1.82, 2.24) is 9.97 Å². The molecule has 0 saturated heterocycles. The summed E-state index contributed by atoms with van der Waals surface area (Å²) in [4.78, 5) is 21.2. The van der Waals surface area contributed by atoms with E-state index in [0.29, 0.717) is 23.3 Å².